The Balaban J connectivity index is 1.48. The van der Waals surface area contributed by atoms with Gasteiger partial charge < -0.3 is 48.6 Å². The summed E-state index contributed by atoms with van der Waals surface area (Å²) in [7, 11) is 4.69. The van der Waals surface area contributed by atoms with Crippen LogP contribution in [-0.4, -0.2) is 146 Å². The SMILES string of the molecule is CO[C@H]1C[C@H]2CC[C@@H](C)[C@@](O)(O2)C(=O)C(=O)N2CCCC3[C@H]2CO[C@H](CC(=O)[C@H](C)/C=C(/C)[C@@H](O)[C@@H](OC)C(=O)[C@H](C)C[C@H](C)\C=C/C=C\C=C/1C)[C@H]3C[C@@H]1CC[C@@H](OCCO)[C@H](OC)C1. The summed E-state index contributed by atoms with van der Waals surface area (Å²) < 4.78 is 36.3. The number of hydrogen-bond acceptors (Lipinski definition) is 13. The molecule has 0 aromatic carbocycles. The number of aliphatic hydroxyl groups is 3. The van der Waals surface area contributed by atoms with Crippen molar-refractivity contribution < 1.29 is 62.9 Å². The minimum atomic E-state index is -2.32. The summed E-state index contributed by atoms with van der Waals surface area (Å²) in [4.78, 5) is 58.5. The average molecular weight is 928 g/mol. The van der Waals surface area contributed by atoms with E-state index in [9.17, 15) is 34.5 Å². The number of rotatable bonds is 8. The molecule has 0 spiro atoms. The van der Waals surface area contributed by atoms with Gasteiger partial charge in [0.25, 0.3) is 11.7 Å². The quantitative estimate of drug-likeness (QED) is 0.193. The van der Waals surface area contributed by atoms with Crippen LogP contribution in [0.5, 0.6) is 0 Å². The van der Waals surface area contributed by atoms with E-state index >= 15 is 0 Å². The fourth-order valence-corrected chi connectivity index (χ4v) is 11.4. The number of methoxy groups -OCH3 is 3. The highest BCUT2D eigenvalue weighted by Gasteiger charge is 2.55. The van der Waals surface area contributed by atoms with E-state index in [1.807, 2.05) is 51.2 Å². The van der Waals surface area contributed by atoms with Gasteiger partial charge in [0.15, 0.2) is 5.78 Å². The van der Waals surface area contributed by atoms with Crippen LogP contribution in [0.3, 0.4) is 0 Å². The fraction of sp³-hybridized carbons (Fsp3) is 0.769. The van der Waals surface area contributed by atoms with Gasteiger partial charge in [0.2, 0.25) is 5.79 Å². The van der Waals surface area contributed by atoms with Crippen molar-refractivity contribution in [2.24, 2.45) is 41.4 Å². The number of aliphatic hydroxyl groups excluding tert-OH is 2. The second kappa shape index (κ2) is 25.1. The third kappa shape index (κ3) is 13.2. The van der Waals surface area contributed by atoms with Crippen LogP contribution < -0.4 is 0 Å². The number of nitrogens with zero attached hydrogens (tertiary/aromatic N) is 1. The number of Topliss-reactive ketones (excluding diaryl/α,β-unsaturated/α-hetero) is 3. The molecule has 1 amide bonds. The molecule has 3 saturated heterocycles. The van der Waals surface area contributed by atoms with Gasteiger partial charge in [-0.2, -0.15) is 0 Å². The third-order valence-corrected chi connectivity index (χ3v) is 15.4. The lowest BCUT2D eigenvalue weighted by Gasteiger charge is -2.51. The first-order valence-electron chi connectivity index (χ1n) is 24.6. The molecule has 1 saturated carbocycles. The van der Waals surface area contributed by atoms with Crippen molar-refractivity contribution in [1.82, 2.24) is 4.90 Å². The molecule has 4 aliphatic heterocycles. The first-order valence-corrected chi connectivity index (χ1v) is 24.6. The lowest BCUT2D eigenvalue weighted by Crippen LogP contribution is -2.63. The molecule has 4 fully saturated rings. The number of carbonyl (C=O) groups is 4. The van der Waals surface area contributed by atoms with Crippen LogP contribution in [0, 0.1) is 41.4 Å². The number of ketones is 3. The second-order valence-corrected chi connectivity index (χ2v) is 20.1. The number of carbonyl (C=O) groups excluding carboxylic acids is 4. The zero-order valence-electron chi connectivity index (χ0n) is 41.1. The maximum atomic E-state index is 14.5. The summed E-state index contributed by atoms with van der Waals surface area (Å²) in [6.45, 7) is 11.7. The molecule has 372 valence electrons. The first kappa shape index (κ1) is 54.0. The topological polar surface area (TPSA) is 188 Å². The molecule has 1 unspecified atom stereocenters. The van der Waals surface area contributed by atoms with Gasteiger partial charge in [0.05, 0.1) is 56.4 Å². The Morgan fingerprint density at radius 1 is 0.864 bits per heavy atom. The molecule has 14 heteroatoms. The molecule has 0 aromatic heterocycles. The van der Waals surface area contributed by atoms with Crippen molar-refractivity contribution in [2.75, 3.05) is 47.7 Å². The van der Waals surface area contributed by atoms with Crippen molar-refractivity contribution in [1.29, 1.82) is 0 Å². The maximum absolute atomic E-state index is 14.5. The molecule has 0 aromatic rings. The minimum Gasteiger partial charge on any atom is -0.394 e. The zero-order chi connectivity index (χ0) is 48.3. The molecule has 5 rings (SSSR count). The standard InChI is InChI=1S/C52H81NO13/c1-31-14-11-10-12-15-32(2)44(61-7)28-38-19-17-36(6)52(60,66-38)50(58)51(59)53-21-13-16-39-40(26-37-18-20-43(64-23-22-54)46(27-37)62-8)45(65-30-41(39)53)29-42(55)33(3)25-35(5)48(57)49(63-9)47(56)34(4)24-31/h10-12,14-15,25,31,33-34,36-41,43-46,48-49,54,57,60H,13,16-24,26-30H2,1-9H3/b12-10-,14-11-,32-15-,35-25-/t31-,33-,34-,36-,37+,38-,39?,40+,41-,43-,44+,45-,46-,48-,49+,52-/m1/s1. The number of amides is 1. The Hall–Kier alpha value is -2.92. The molecule has 3 N–H and O–H groups in total. The smallest absolute Gasteiger partial charge is 0.296 e. The van der Waals surface area contributed by atoms with E-state index in [2.05, 4.69) is 0 Å². The minimum absolute atomic E-state index is 0.0456. The van der Waals surface area contributed by atoms with E-state index in [-0.39, 0.29) is 79.8 Å². The van der Waals surface area contributed by atoms with Gasteiger partial charge in [0.1, 0.15) is 18.0 Å². The first-order chi connectivity index (χ1) is 31.5. The lowest BCUT2D eigenvalue weighted by molar-refractivity contribution is -0.266. The Morgan fingerprint density at radius 3 is 2.32 bits per heavy atom. The highest BCUT2D eigenvalue weighted by molar-refractivity contribution is 6.38. The van der Waals surface area contributed by atoms with Crippen LogP contribution in [0.25, 0.3) is 0 Å². The predicted octanol–water partition coefficient (Wildman–Crippen LogP) is 5.89. The van der Waals surface area contributed by atoms with Crippen LogP contribution in [0.4, 0.5) is 0 Å². The lowest BCUT2D eigenvalue weighted by atomic mass is 9.68. The molecule has 4 heterocycles. The van der Waals surface area contributed by atoms with E-state index in [4.69, 9.17) is 28.4 Å². The molecule has 0 radical (unpaired) electrons. The van der Waals surface area contributed by atoms with Gasteiger partial charge in [-0.1, -0.05) is 64.2 Å². The van der Waals surface area contributed by atoms with E-state index in [1.165, 1.54) is 7.11 Å². The largest absolute Gasteiger partial charge is 0.394 e. The van der Waals surface area contributed by atoms with Crippen LogP contribution in [0.15, 0.2) is 47.6 Å². The van der Waals surface area contributed by atoms with Crippen LogP contribution >= 0.6 is 0 Å². The fourth-order valence-electron chi connectivity index (χ4n) is 11.4. The predicted molar refractivity (Wildman–Crippen MR) is 249 cm³/mol. The van der Waals surface area contributed by atoms with Crippen LogP contribution in [0.1, 0.15) is 112 Å². The highest BCUT2D eigenvalue weighted by Crippen LogP contribution is 2.45. The van der Waals surface area contributed by atoms with Gasteiger partial charge in [-0.05, 0) is 106 Å². The van der Waals surface area contributed by atoms with Crippen LogP contribution in [-0.2, 0) is 47.6 Å². The second-order valence-electron chi connectivity index (χ2n) is 20.1. The van der Waals surface area contributed by atoms with Crippen molar-refractivity contribution in [3.63, 3.8) is 0 Å². The summed E-state index contributed by atoms with van der Waals surface area (Å²) in [5.41, 5.74) is 1.38. The molecule has 14 nitrogen and oxygen atoms in total. The van der Waals surface area contributed by atoms with E-state index < -0.39 is 65.7 Å². The summed E-state index contributed by atoms with van der Waals surface area (Å²) in [6.07, 6.45) is 13.8. The van der Waals surface area contributed by atoms with E-state index in [0.29, 0.717) is 57.1 Å². The number of hydrogen-bond donors (Lipinski definition) is 3. The van der Waals surface area contributed by atoms with Gasteiger partial charge in [-0.3, -0.25) is 19.2 Å². The number of allylic oxidation sites excluding steroid dienone is 6. The number of ether oxygens (including phenoxy) is 6. The average Bonchev–Trinajstić information content (AvgIpc) is 3.30. The Labute approximate surface area is 393 Å². The molecule has 16 atom stereocenters. The van der Waals surface area contributed by atoms with Gasteiger partial charge in [-0.15, -0.1) is 0 Å². The molecule has 5 aliphatic rings. The van der Waals surface area contributed by atoms with Crippen molar-refractivity contribution >= 4 is 23.3 Å². The third-order valence-electron chi connectivity index (χ3n) is 15.4. The molecule has 66 heavy (non-hydrogen) atoms. The molecular weight excluding hydrogens is 847 g/mol. The van der Waals surface area contributed by atoms with Crippen molar-refractivity contribution in [3.8, 4) is 0 Å². The van der Waals surface area contributed by atoms with Crippen LogP contribution in [0.2, 0.25) is 0 Å². The summed E-state index contributed by atoms with van der Waals surface area (Å²) in [5.74, 6) is -6.03. The Bertz CT molecular complexity index is 1760. The van der Waals surface area contributed by atoms with Gasteiger partial charge in [0, 0.05) is 58.5 Å². The van der Waals surface area contributed by atoms with E-state index in [0.717, 1.165) is 24.8 Å². The molecule has 1 aliphatic carbocycles. The Kier molecular flexibility index (Phi) is 20.5. The number of fused-ring (bicyclic) bond motifs is 3. The van der Waals surface area contributed by atoms with Gasteiger partial charge in [-0.25, -0.2) is 0 Å². The zero-order valence-corrected chi connectivity index (χ0v) is 41.1. The molecular formula is C52H81NO13. The number of piperidine rings is 1. The van der Waals surface area contributed by atoms with Gasteiger partial charge >= 0.3 is 0 Å². The van der Waals surface area contributed by atoms with E-state index in [1.54, 1.807) is 46.0 Å². The maximum Gasteiger partial charge on any atom is 0.296 e. The monoisotopic (exact) mass is 928 g/mol. The van der Waals surface area contributed by atoms with Crippen molar-refractivity contribution in [2.45, 2.75) is 167 Å². The molecule has 6 bridgehead atoms. The normalized spacial score (nSPS) is 42.3. The summed E-state index contributed by atoms with van der Waals surface area (Å²) >= 11 is 0. The highest BCUT2D eigenvalue weighted by atomic mass is 16.6. The Morgan fingerprint density at radius 2 is 1.62 bits per heavy atom. The summed E-state index contributed by atoms with van der Waals surface area (Å²) in [5, 5.41) is 33.0. The van der Waals surface area contributed by atoms with Crippen molar-refractivity contribution in [3.05, 3.63) is 47.6 Å². The summed E-state index contributed by atoms with van der Waals surface area (Å²) in [6, 6.07) is -0.458.